The van der Waals surface area contributed by atoms with Crippen LogP contribution in [0.1, 0.15) is 47.1 Å². The van der Waals surface area contributed by atoms with Gasteiger partial charge in [0.05, 0.1) is 30.2 Å². The molecule has 0 aliphatic carbocycles. The largest absolute Gasteiger partial charge is 0.486 e. The summed E-state index contributed by atoms with van der Waals surface area (Å²) in [6.45, 7) is 5.13. The molecular formula is C32H30ClF2N3O3. The number of hydrogen-bond donors (Lipinski definition) is 0. The van der Waals surface area contributed by atoms with E-state index >= 15 is 0 Å². The Morgan fingerprint density at radius 3 is 2.68 bits per heavy atom. The summed E-state index contributed by atoms with van der Waals surface area (Å²) in [5.41, 5.74) is 4.78. The number of carbonyl (C=O) groups excluding carboxylic acids is 1. The first-order chi connectivity index (χ1) is 19.8. The fraction of sp³-hybridized carbons (Fsp3) is 0.312. The zero-order valence-electron chi connectivity index (χ0n) is 22.7. The molecule has 1 atom stereocenters. The second-order valence-electron chi connectivity index (χ2n) is 10.6. The second-order valence-corrected chi connectivity index (χ2v) is 11.0. The maximum atomic E-state index is 14.5. The molecule has 2 aliphatic heterocycles. The fourth-order valence-electron chi connectivity index (χ4n) is 5.27. The Hall–Kier alpha value is -3.59. The summed E-state index contributed by atoms with van der Waals surface area (Å²) in [4.78, 5) is 19.2. The van der Waals surface area contributed by atoms with Gasteiger partial charge >= 0.3 is 0 Å². The number of carbonyl (C=O) groups is 1. The van der Waals surface area contributed by atoms with Gasteiger partial charge in [-0.15, -0.1) is 0 Å². The van der Waals surface area contributed by atoms with E-state index in [1.165, 1.54) is 18.2 Å². The van der Waals surface area contributed by atoms with Crippen molar-refractivity contribution >= 4 is 34.0 Å². The van der Waals surface area contributed by atoms with Gasteiger partial charge in [-0.05, 0) is 73.4 Å². The van der Waals surface area contributed by atoms with Crippen LogP contribution in [-0.4, -0.2) is 46.0 Å². The number of halogens is 3. The molecule has 1 aromatic heterocycles. The molecule has 0 unspecified atom stereocenters. The number of imidazole rings is 1. The van der Waals surface area contributed by atoms with Gasteiger partial charge in [-0.25, -0.2) is 13.8 Å². The van der Waals surface area contributed by atoms with Crippen molar-refractivity contribution in [3.63, 3.8) is 0 Å². The number of rotatable bonds is 9. The molecule has 6 rings (SSSR count). The number of ether oxygens (including phenoxy) is 2. The summed E-state index contributed by atoms with van der Waals surface area (Å²) in [5.74, 6) is 0.0684. The van der Waals surface area contributed by atoms with E-state index < -0.39 is 11.6 Å². The van der Waals surface area contributed by atoms with Crippen LogP contribution in [0.25, 0.3) is 16.6 Å². The van der Waals surface area contributed by atoms with Crippen LogP contribution in [0.4, 0.5) is 8.78 Å². The lowest BCUT2D eigenvalue weighted by molar-refractivity contribution is -0.0591. The van der Waals surface area contributed by atoms with E-state index in [0.717, 1.165) is 54.0 Å². The van der Waals surface area contributed by atoms with Crippen molar-refractivity contribution in [3.05, 3.63) is 99.8 Å². The number of aromatic nitrogens is 2. The first-order valence-corrected chi connectivity index (χ1v) is 14.1. The number of Topliss-reactive ketones (excluding diaryl/α,β-unsaturated/α-hetero) is 1. The third-order valence-corrected chi connectivity index (χ3v) is 8.01. The molecule has 1 fully saturated rings. The molecule has 1 saturated heterocycles. The number of benzene rings is 3. The van der Waals surface area contributed by atoms with Gasteiger partial charge in [-0.3, -0.25) is 9.69 Å². The highest BCUT2D eigenvalue weighted by atomic mass is 35.5. The van der Waals surface area contributed by atoms with Crippen molar-refractivity contribution in [2.45, 2.75) is 45.6 Å². The normalized spacial score (nSPS) is 17.4. The second kappa shape index (κ2) is 11.7. The molecule has 0 spiro atoms. The zero-order chi connectivity index (χ0) is 28.5. The van der Waals surface area contributed by atoms with Gasteiger partial charge in [0.2, 0.25) is 0 Å². The Morgan fingerprint density at radius 2 is 1.98 bits per heavy atom. The highest BCUT2D eigenvalue weighted by molar-refractivity contribution is 6.30. The van der Waals surface area contributed by atoms with Gasteiger partial charge < -0.3 is 14.0 Å². The molecule has 4 aromatic rings. The van der Waals surface area contributed by atoms with Crippen molar-refractivity contribution in [1.29, 1.82) is 0 Å². The maximum Gasteiger partial charge on any atom is 0.165 e. The van der Waals surface area contributed by atoms with Crippen molar-refractivity contribution in [2.75, 3.05) is 19.7 Å². The Bertz CT molecular complexity index is 1650. The quantitative estimate of drug-likeness (QED) is 0.204. The lowest BCUT2D eigenvalue weighted by Crippen LogP contribution is -2.33. The first-order valence-electron chi connectivity index (χ1n) is 13.7. The van der Waals surface area contributed by atoms with Crippen LogP contribution >= 0.6 is 11.6 Å². The zero-order valence-corrected chi connectivity index (χ0v) is 23.5. The van der Waals surface area contributed by atoms with Crippen LogP contribution in [0.2, 0.25) is 5.02 Å². The third-order valence-electron chi connectivity index (χ3n) is 7.77. The van der Waals surface area contributed by atoms with Gasteiger partial charge in [0.1, 0.15) is 18.2 Å². The topological polar surface area (TPSA) is 56.6 Å². The number of hydrogen-bond acceptors (Lipinski definition) is 5. The molecule has 9 heteroatoms. The molecule has 2 aliphatic rings. The lowest BCUT2D eigenvalue weighted by atomic mass is 9.99. The fourth-order valence-corrected chi connectivity index (χ4v) is 5.43. The van der Waals surface area contributed by atoms with Crippen LogP contribution in [0, 0.1) is 11.6 Å². The standard InChI is InChI=1S/C32H30ClF2N3O3/c1-20(39)22-4-7-29-30(14-22)38(17-26-10-13-40-26)32(36-29)18-37-11-8-21(9-12-37)23-3-6-27(34)31(15-23)41-19-24-2-5-25(33)16-28(24)35/h2-8,14-16,26H,9-13,17-19H2,1H3/t26-/m0/s1. The molecule has 0 amide bonds. The van der Waals surface area contributed by atoms with Gasteiger partial charge in [0, 0.05) is 35.8 Å². The van der Waals surface area contributed by atoms with E-state index in [2.05, 4.69) is 15.5 Å². The van der Waals surface area contributed by atoms with E-state index in [-0.39, 0.29) is 24.2 Å². The van der Waals surface area contributed by atoms with Crippen molar-refractivity contribution in [1.82, 2.24) is 14.5 Å². The highest BCUT2D eigenvalue weighted by Gasteiger charge is 2.24. The summed E-state index contributed by atoms with van der Waals surface area (Å²) in [6.07, 6.45) is 4.09. The predicted molar refractivity (Wildman–Crippen MR) is 154 cm³/mol. The molecule has 0 radical (unpaired) electrons. The molecule has 212 valence electrons. The van der Waals surface area contributed by atoms with Gasteiger partial charge in [-0.1, -0.05) is 29.8 Å². The Balaban J connectivity index is 1.17. The van der Waals surface area contributed by atoms with Crippen molar-refractivity contribution in [2.24, 2.45) is 0 Å². The molecule has 6 nitrogen and oxygen atoms in total. The van der Waals surface area contributed by atoms with Crippen LogP contribution in [0.15, 0.2) is 60.7 Å². The third kappa shape index (κ3) is 6.05. The Kier molecular flexibility index (Phi) is 7.88. The van der Waals surface area contributed by atoms with E-state index in [1.807, 2.05) is 18.2 Å². The minimum atomic E-state index is -0.497. The first kappa shape index (κ1) is 27.6. The van der Waals surface area contributed by atoms with Gasteiger partial charge in [-0.2, -0.15) is 0 Å². The summed E-state index contributed by atoms with van der Waals surface area (Å²) in [7, 11) is 0. The van der Waals surface area contributed by atoms with Crippen molar-refractivity contribution in [3.8, 4) is 5.75 Å². The lowest BCUT2D eigenvalue weighted by Gasteiger charge is -2.29. The van der Waals surface area contributed by atoms with Crippen LogP contribution in [-0.2, 0) is 24.4 Å². The smallest absolute Gasteiger partial charge is 0.165 e. The van der Waals surface area contributed by atoms with Crippen LogP contribution in [0.5, 0.6) is 5.75 Å². The molecular weight excluding hydrogens is 548 g/mol. The number of nitrogens with zero attached hydrogens (tertiary/aromatic N) is 3. The van der Waals surface area contributed by atoms with Crippen LogP contribution in [0.3, 0.4) is 0 Å². The van der Waals surface area contributed by atoms with E-state index in [4.69, 9.17) is 26.1 Å². The summed E-state index contributed by atoms with van der Waals surface area (Å²) in [6, 6.07) is 14.8. The minimum Gasteiger partial charge on any atom is -0.486 e. The summed E-state index contributed by atoms with van der Waals surface area (Å²) >= 11 is 5.82. The Morgan fingerprint density at radius 1 is 1.12 bits per heavy atom. The molecule has 0 N–H and O–H groups in total. The highest BCUT2D eigenvalue weighted by Crippen LogP contribution is 2.30. The monoisotopic (exact) mass is 577 g/mol. The summed E-state index contributed by atoms with van der Waals surface area (Å²) < 4.78 is 42.2. The van der Waals surface area contributed by atoms with Gasteiger partial charge in [0.25, 0.3) is 0 Å². The number of ketones is 1. The van der Waals surface area contributed by atoms with E-state index in [9.17, 15) is 13.6 Å². The molecule has 0 saturated carbocycles. The average molecular weight is 578 g/mol. The summed E-state index contributed by atoms with van der Waals surface area (Å²) in [5, 5.41) is 0.296. The minimum absolute atomic E-state index is 0.0290. The van der Waals surface area contributed by atoms with E-state index in [1.54, 1.807) is 25.1 Å². The predicted octanol–water partition coefficient (Wildman–Crippen LogP) is 6.83. The molecule has 3 aromatic carbocycles. The molecule has 0 bridgehead atoms. The van der Waals surface area contributed by atoms with Crippen molar-refractivity contribution < 1.29 is 23.0 Å². The molecule has 3 heterocycles. The Labute approximate surface area is 242 Å². The SMILES string of the molecule is CC(=O)c1ccc2nc(CN3CC=C(c4ccc(F)c(OCc5ccc(Cl)cc5F)c4)CC3)n(C[C@@H]3CCO3)c2c1. The van der Waals surface area contributed by atoms with Gasteiger partial charge in [0.15, 0.2) is 17.3 Å². The maximum absolute atomic E-state index is 14.5. The molecule has 41 heavy (non-hydrogen) atoms. The van der Waals surface area contributed by atoms with E-state index in [0.29, 0.717) is 35.8 Å². The van der Waals surface area contributed by atoms with Crippen LogP contribution < -0.4 is 4.74 Å². The number of fused-ring (bicyclic) bond motifs is 1. The average Bonchev–Trinajstić information content (AvgIpc) is 3.27.